The molecule has 128 valence electrons. The second-order valence-corrected chi connectivity index (χ2v) is 6.74. The molecule has 0 atom stereocenters. The van der Waals surface area contributed by atoms with E-state index in [2.05, 4.69) is 45.5 Å². The molecule has 0 bridgehead atoms. The zero-order chi connectivity index (χ0) is 17.1. The number of hydrogen-bond acceptors (Lipinski definition) is 7. The van der Waals surface area contributed by atoms with Crippen molar-refractivity contribution in [2.45, 2.75) is 32.3 Å². The predicted octanol–water partition coefficient (Wildman–Crippen LogP) is 2.49. The smallest absolute Gasteiger partial charge is 0.225 e. The van der Waals surface area contributed by atoms with Gasteiger partial charge in [0.1, 0.15) is 5.82 Å². The van der Waals surface area contributed by atoms with Gasteiger partial charge in [-0.1, -0.05) is 18.7 Å². The summed E-state index contributed by atoms with van der Waals surface area (Å²) in [6, 6.07) is 0. The average Bonchev–Trinajstić information content (AvgIpc) is 2.64. The van der Waals surface area contributed by atoms with E-state index in [1.165, 1.54) is 11.1 Å². The number of thioether (sulfide) groups is 1. The molecule has 0 N–H and O–H groups in total. The molecular formula is C17H24N6S. The Hall–Kier alpha value is -1.89. The Morgan fingerprint density at radius 3 is 2.21 bits per heavy atom. The maximum Gasteiger partial charge on any atom is 0.225 e. The maximum absolute atomic E-state index is 4.72. The van der Waals surface area contributed by atoms with Crippen molar-refractivity contribution in [2.75, 3.05) is 42.2 Å². The van der Waals surface area contributed by atoms with Crippen molar-refractivity contribution < 1.29 is 0 Å². The van der Waals surface area contributed by atoms with E-state index in [-0.39, 0.29) is 0 Å². The molecule has 0 amide bonds. The van der Waals surface area contributed by atoms with E-state index in [1.807, 2.05) is 18.6 Å². The fourth-order valence-electron chi connectivity index (χ4n) is 2.80. The van der Waals surface area contributed by atoms with Gasteiger partial charge in [0.25, 0.3) is 0 Å². The number of piperazine rings is 1. The van der Waals surface area contributed by atoms with E-state index in [0.717, 1.165) is 55.2 Å². The lowest BCUT2D eigenvalue weighted by Crippen LogP contribution is -2.47. The number of aryl methyl sites for hydroxylation is 2. The molecular weight excluding hydrogens is 320 g/mol. The van der Waals surface area contributed by atoms with Crippen molar-refractivity contribution in [3.63, 3.8) is 0 Å². The summed E-state index contributed by atoms with van der Waals surface area (Å²) in [7, 11) is 0. The van der Waals surface area contributed by atoms with E-state index in [9.17, 15) is 0 Å². The molecule has 0 aliphatic carbocycles. The first-order valence-corrected chi connectivity index (χ1v) is 9.55. The SMILES string of the molecule is CCc1cnc(N2CCN(c3nc(SC)nc(C)c3C)CC2)nc1. The first-order chi connectivity index (χ1) is 11.6. The summed E-state index contributed by atoms with van der Waals surface area (Å²) >= 11 is 1.59. The van der Waals surface area contributed by atoms with Crippen molar-refractivity contribution in [3.8, 4) is 0 Å². The van der Waals surface area contributed by atoms with Gasteiger partial charge in [-0.3, -0.25) is 0 Å². The van der Waals surface area contributed by atoms with Crippen molar-refractivity contribution in [3.05, 3.63) is 29.2 Å². The normalized spacial score (nSPS) is 15.0. The highest BCUT2D eigenvalue weighted by molar-refractivity contribution is 7.98. The van der Waals surface area contributed by atoms with Crippen LogP contribution in [0.2, 0.25) is 0 Å². The van der Waals surface area contributed by atoms with Crippen LogP contribution in [0.15, 0.2) is 17.6 Å². The molecule has 3 heterocycles. The third-order valence-electron chi connectivity index (χ3n) is 4.49. The van der Waals surface area contributed by atoms with Crippen molar-refractivity contribution >= 4 is 23.5 Å². The molecule has 2 aromatic heterocycles. The van der Waals surface area contributed by atoms with Gasteiger partial charge in [-0.2, -0.15) is 0 Å². The van der Waals surface area contributed by atoms with Crippen LogP contribution in [0.4, 0.5) is 11.8 Å². The standard InChI is InChI=1S/C17H24N6S/c1-5-14-10-18-16(19-11-14)23-8-6-22(7-9-23)15-12(2)13(3)20-17(21-15)24-4/h10-11H,5-9H2,1-4H3. The molecule has 2 aromatic rings. The van der Waals surface area contributed by atoms with Crippen LogP contribution in [0, 0.1) is 13.8 Å². The minimum absolute atomic E-state index is 0.826. The van der Waals surface area contributed by atoms with Gasteiger partial charge in [0.2, 0.25) is 5.95 Å². The van der Waals surface area contributed by atoms with Gasteiger partial charge in [0.15, 0.2) is 5.16 Å². The van der Waals surface area contributed by atoms with Gasteiger partial charge < -0.3 is 9.80 Å². The molecule has 1 fully saturated rings. The second-order valence-electron chi connectivity index (χ2n) is 5.96. The molecule has 1 aliphatic rings. The summed E-state index contributed by atoms with van der Waals surface area (Å²) in [4.78, 5) is 22.8. The average molecular weight is 344 g/mol. The molecule has 0 aromatic carbocycles. The highest BCUT2D eigenvalue weighted by Crippen LogP contribution is 2.24. The number of hydrogen-bond donors (Lipinski definition) is 0. The third kappa shape index (κ3) is 3.45. The first kappa shape index (κ1) is 17.0. The quantitative estimate of drug-likeness (QED) is 0.624. The van der Waals surface area contributed by atoms with Crippen LogP contribution in [-0.4, -0.2) is 52.4 Å². The molecule has 0 saturated carbocycles. The van der Waals surface area contributed by atoms with Crippen LogP contribution >= 0.6 is 11.8 Å². The molecule has 0 radical (unpaired) electrons. The summed E-state index contributed by atoms with van der Waals surface area (Å²) in [5.41, 5.74) is 3.41. The fraction of sp³-hybridized carbons (Fsp3) is 0.529. The number of rotatable bonds is 4. The van der Waals surface area contributed by atoms with Crippen molar-refractivity contribution in [2.24, 2.45) is 0 Å². The molecule has 7 heteroatoms. The zero-order valence-corrected chi connectivity index (χ0v) is 15.6. The van der Waals surface area contributed by atoms with Gasteiger partial charge in [-0.15, -0.1) is 0 Å². The van der Waals surface area contributed by atoms with Gasteiger partial charge in [-0.25, -0.2) is 19.9 Å². The van der Waals surface area contributed by atoms with Crippen LogP contribution in [0.1, 0.15) is 23.7 Å². The van der Waals surface area contributed by atoms with Crippen LogP contribution in [0.25, 0.3) is 0 Å². The molecule has 24 heavy (non-hydrogen) atoms. The molecule has 1 aliphatic heterocycles. The first-order valence-electron chi connectivity index (χ1n) is 8.32. The lowest BCUT2D eigenvalue weighted by molar-refractivity contribution is 0.628. The second kappa shape index (κ2) is 7.34. The maximum atomic E-state index is 4.72. The Kier molecular flexibility index (Phi) is 5.18. The Morgan fingerprint density at radius 1 is 1.00 bits per heavy atom. The summed E-state index contributed by atoms with van der Waals surface area (Å²) in [5.74, 6) is 1.89. The van der Waals surface area contributed by atoms with Crippen LogP contribution in [0.5, 0.6) is 0 Å². The van der Waals surface area contributed by atoms with Crippen LogP contribution in [0.3, 0.4) is 0 Å². The monoisotopic (exact) mass is 344 g/mol. The largest absolute Gasteiger partial charge is 0.353 e. The summed E-state index contributed by atoms with van der Waals surface area (Å²) in [6.07, 6.45) is 6.84. The summed E-state index contributed by atoms with van der Waals surface area (Å²) in [5, 5.41) is 0.842. The van der Waals surface area contributed by atoms with Gasteiger partial charge in [0, 0.05) is 49.8 Å². The lowest BCUT2D eigenvalue weighted by Gasteiger charge is -2.36. The van der Waals surface area contributed by atoms with Crippen LogP contribution < -0.4 is 9.80 Å². The highest BCUT2D eigenvalue weighted by atomic mass is 32.2. The van der Waals surface area contributed by atoms with E-state index >= 15 is 0 Å². The molecule has 3 rings (SSSR count). The molecule has 0 spiro atoms. The van der Waals surface area contributed by atoms with E-state index in [4.69, 9.17) is 4.98 Å². The zero-order valence-electron chi connectivity index (χ0n) is 14.8. The van der Waals surface area contributed by atoms with Crippen molar-refractivity contribution in [1.82, 2.24) is 19.9 Å². The topological polar surface area (TPSA) is 58.0 Å². The highest BCUT2D eigenvalue weighted by Gasteiger charge is 2.22. The van der Waals surface area contributed by atoms with Crippen molar-refractivity contribution in [1.29, 1.82) is 0 Å². The molecule has 6 nitrogen and oxygen atoms in total. The number of anilines is 2. The minimum Gasteiger partial charge on any atom is -0.353 e. The lowest BCUT2D eigenvalue weighted by atomic mass is 10.2. The number of nitrogens with zero attached hydrogens (tertiary/aromatic N) is 6. The Balaban J connectivity index is 1.71. The third-order valence-corrected chi connectivity index (χ3v) is 5.04. The minimum atomic E-state index is 0.826. The predicted molar refractivity (Wildman–Crippen MR) is 99.1 cm³/mol. The van der Waals surface area contributed by atoms with Crippen LogP contribution in [-0.2, 0) is 6.42 Å². The van der Waals surface area contributed by atoms with Gasteiger partial charge in [-0.05, 0) is 32.1 Å². The summed E-state index contributed by atoms with van der Waals surface area (Å²) in [6.45, 7) is 9.93. The Labute approximate surface area is 147 Å². The number of aromatic nitrogens is 4. The Bertz CT molecular complexity index is 695. The summed E-state index contributed by atoms with van der Waals surface area (Å²) < 4.78 is 0. The van der Waals surface area contributed by atoms with E-state index < -0.39 is 0 Å². The molecule has 1 saturated heterocycles. The Morgan fingerprint density at radius 2 is 1.62 bits per heavy atom. The van der Waals surface area contributed by atoms with Gasteiger partial charge >= 0.3 is 0 Å². The fourth-order valence-corrected chi connectivity index (χ4v) is 3.21. The molecule has 0 unspecified atom stereocenters. The van der Waals surface area contributed by atoms with E-state index in [0.29, 0.717) is 0 Å². The van der Waals surface area contributed by atoms with E-state index in [1.54, 1.807) is 11.8 Å². The van der Waals surface area contributed by atoms with Gasteiger partial charge in [0.05, 0.1) is 0 Å².